The van der Waals surface area contributed by atoms with E-state index >= 15 is 0 Å². The fourth-order valence-electron chi connectivity index (χ4n) is 2.54. The molecule has 2 atom stereocenters. The van der Waals surface area contributed by atoms with Gasteiger partial charge in [0.25, 0.3) is 0 Å². The summed E-state index contributed by atoms with van der Waals surface area (Å²) < 4.78 is 0. The van der Waals surface area contributed by atoms with E-state index in [0.717, 1.165) is 19.3 Å². The Hall–Kier alpha value is -1.60. The van der Waals surface area contributed by atoms with Gasteiger partial charge in [0.2, 0.25) is 0 Å². The van der Waals surface area contributed by atoms with E-state index in [1.165, 1.54) is 11.1 Å². The first-order valence-electron chi connectivity index (χ1n) is 7.08. The molecular formula is C18H22O. The predicted octanol–water partition coefficient (Wildman–Crippen LogP) is 4.17. The van der Waals surface area contributed by atoms with Crippen molar-refractivity contribution in [2.45, 2.75) is 38.2 Å². The van der Waals surface area contributed by atoms with Gasteiger partial charge in [0.1, 0.15) is 0 Å². The van der Waals surface area contributed by atoms with Crippen molar-refractivity contribution in [2.24, 2.45) is 0 Å². The van der Waals surface area contributed by atoms with E-state index < -0.39 is 0 Å². The van der Waals surface area contributed by atoms with E-state index in [9.17, 15) is 5.11 Å². The lowest BCUT2D eigenvalue weighted by Gasteiger charge is -2.23. The average Bonchev–Trinajstić information content (AvgIpc) is 2.47. The summed E-state index contributed by atoms with van der Waals surface area (Å²) >= 11 is 0. The summed E-state index contributed by atoms with van der Waals surface area (Å²) in [7, 11) is 0. The molecule has 0 aromatic heterocycles. The molecule has 0 radical (unpaired) electrons. The number of rotatable bonds is 6. The zero-order valence-corrected chi connectivity index (χ0v) is 11.5. The van der Waals surface area contributed by atoms with Crippen molar-refractivity contribution in [2.75, 3.05) is 0 Å². The minimum absolute atomic E-state index is 0.184. The number of benzene rings is 2. The first kappa shape index (κ1) is 13.8. The molecule has 19 heavy (non-hydrogen) atoms. The molecular weight excluding hydrogens is 232 g/mol. The third-order valence-corrected chi connectivity index (χ3v) is 3.58. The molecule has 0 amide bonds. The smallest absolute Gasteiger partial charge is 0.0611 e. The molecule has 0 spiro atoms. The van der Waals surface area contributed by atoms with Crippen LogP contribution in [0.2, 0.25) is 0 Å². The van der Waals surface area contributed by atoms with Gasteiger partial charge in [-0.05, 0) is 24.0 Å². The van der Waals surface area contributed by atoms with Gasteiger partial charge in [-0.1, -0.05) is 74.0 Å². The van der Waals surface area contributed by atoms with Gasteiger partial charge in [-0.15, -0.1) is 0 Å². The van der Waals surface area contributed by atoms with Gasteiger partial charge in [-0.2, -0.15) is 0 Å². The maximum atomic E-state index is 10.4. The first-order chi connectivity index (χ1) is 9.31. The lowest BCUT2D eigenvalue weighted by atomic mass is 9.86. The second kappa shape index (κ2) is 7.10. The summed E-state index contributed by atoms with van der Waals surface area (Å²) in [6.07, 6.45) is 2.49. The van der Waals surface area contributed by atoms with Gasteiger partial charge in [0.15, 0.2) is 0 Å². The Morgan fingerprint density at radius 1 is 0.895 bits per heavy atom. The molecule has 100 valence electrons. The highest BCUT2D eigenvalue weighted by atomic mass is 16.3. The van der Waals surface area contributed by atoms with Crippen LogP contribution in [0.1, 0.15) is 36.8 Å². The quantitative estimate of drug-likeness (QED) is 0.820. The van der Waals surface area contributed by atoms with Crippen LogP contribution in [0.3, 0.4) is 0 Å². The lowest BCUT2D eigenvalue weighted by molar-refractivity contribution is 0.132. The molecule has 0 aliphatic heterocycles. The van der Waals surface area contributed by atoms with Gasteiger partial charge < -0.3 is 5.11 Å². The molecule has 0 heterocycles. The number of hydrogen-bond acceptors (Lipinski definition) is 1. The van der Waals surface area contributed by atoms with Crippen molar-refractivity contribution in [1.29, 1.82) is 0 Å². The third-order valence-electron chi connectivity index (χ3n) is 3.58. The zero-order chi connectivity index (χ0) is 13.5. The van der Waals surface area contributed by atoms with Crippen LogP contribution in [0.5, 0.6) is 0 Å². The van der Waals surface area contributed by atoms with Crippen molar-refractivity contribution in [3.63, 3.8) is 0 Å². The summed E-state index contributed by atoms with van der Waals surface area (Å²) in [5.41, 5.74) is 2.51. The fraction of sp³-hybridized carbons (Fsp3) is 0.333. The van der Waals surface area contributed by atoms with Gasteiger partial charge in [-0.25, -0.2) is 0 Å². The van der Waals surface area contributed by atoms with Gasteiger partial charge >= 0.3 is 0 Å². The summed E-state index contributed by atoms with van der Waals surface area (Å²) in [6.45, 7) is 2.12. The Kier molecular flexibility index (Phi) is 5.17. The van der Waals surface area contributed by atoms with Crippen LogP contribution in [0.4, 0.5) is 0 Å². The molecule has 2 aromatic carbocycles. The van der Waals surface area contributed by atoms with Gasteiger partial charge in [-0.3, -0.25) is 0 Å². The molecule has 1 N–H and O–H groups in total. The lowest BCUT2D eigenvalue weighted by Crippen LogP contribution is -2.20. The molecule has 0 saturated carbocycles. The molecule has 2 unspecified atom stereocenters. The largest absolute Gasteiger partial charge is 0.392 e. The number of hydrogen-bond donors (Lipinski definition) is 1. The minimum Gasteiger partial charge on any atom is -0.392 e. The van der Waals surface area contributed by atoms with Crippen LogP contribution in [0.25, 0.3) is 0 Å². The van der Waals surface area contributed by atoms with E-state index in [2.05, 4.69) is 43.3 Å². The molecule has 0 fully saturated rings. The summed E-state index contributed by atoms with van der Waals surface area (Å²) in [5.74, 6) is 0.184. The SMILES string of the molecule is CCCC(O)C(Cc1ccccc1)c1ccccc1. The molecule has 0 bridgehead atoms. The van der Waals surface area contributed by atoms with Crippen molar-refractivity contribution in [3.8, 4) is 0 Å². The molecule has 0 aliphatic rings. The maximum absolute atomic E-state index is 10.4. The topological polar surface area (TPSA) is 20.2 Å². The highest BCUT2D eigenvalue weighted by molar-refractivity contribution is 5.25. The first-order valence-corrected chi connectivity index (χ1v) is 7.08. The highest BCUT2D eigenvalue weighted by Crippen LogP contribution is 2.26. The van der Waals surface area contributed by atoms with Crippen LogP contribution in [0, 0.1) is 0 Å². The monoisotopic (exact) mass is 254 g/mol. The Morgan fingerprint density at radius 2 is 1.47 bits per heavy atom. The standard InChI is InChI=1S/C18H22O/c1-2-9-18(19)17(16-12-7-4-8-13-16)14-15-10-5-3-6-11-15/h3-8,10-13,17-19H,2,9,14H2,1H3. The fourth-order valence-corrected chi connectivity index (χ4v) is 2.54. The van der Waals surface area contributed by atoms with Crippen LogP contribution in [0.15, 0.2) is 60.7 Å². The van der Waals surface area contributed by atoms with E-state index in [1.54, 1.807) is 0 Å². The molecule has 1 nitrogen and oxygen atoms in total. The van der Waals surface area contributed by atoms with Crippen LogP contribution in [-0.2, 0) is 6.42 Å². The van der Waals surface area contributed by atoms with Gasteiger partial charge in [0.05, 0.1) is 6.10 Å². The highest BCUT2D eigenvalue weighted by Gasteiger charge is 2.20. The van der Waals surface area contributed by atoms with E-state index in [0.29, 0.717) is 0 Å². The summed E-state index contributed by atoms with van der Waals surface area (Å²) in [4.78, 5) is 0. The van der Waals surface area contributed by atoms with Crippen molar-refractivity contribution >= 4 is 0 Å². The average molecular weight is 254 g/mol. The molecule has 1 heteroatoms. The van der Waals surface area contributed by atoms with Gasteiger partial charge in [0, 0.05) is 5.92 Å². The Morgan fingerprint density at radius 3 is 2.05 bits per heavy atom. The second-order valence-corrected chi connectivity index (χ2v) is 5.06. The van der Waals surface area contributed by atoms with Crippen molar-refractivity contribution in [3.05, 3.63) is 71.8 Å². The number of aliphatic hydroxyl groups is 1. The van der Waals surface area contributed by atoms with E-state index in [4.69, 9.17) is 0 Å². The molecule has 0 aliphatic carbocycles. The minimum atomic E-state index is -0.271. The second-order valence-electron chi connectivity index (χ2n) is 5.06. The molecule has 2 rings (SSSR count). The summed E-state index contributed by atoms with van der Waals surface area (Å²) in [6, 6.07) is 20.8. The number of aliphatic hydroxyl groups excluding tert-OH is 1. The normalized spacial score (nSPS) is 14.0. The van der Waals surface area contributed by atoms with Crippen molar-refractivity contribution < 1.29 is 5.11 Å². The Balaban J connectivity index is 2.20. The zero-order valence-electron chi connectivity index (χ0n) is 11.5. The Labute approximate surface area is 115 Å². The van der Waals surface area contributed by atoms with E-state index in [1.807, 2.05) is 24.3 Å². The maximum Gasteiger partial charge on any atom is 0.0611 e. The summed E-state index contributed by atoms with van der Waals surface area (Å²) in [5, 5.41) is 10.4. The molecule has 2 aromatic rings. The van der Waals surface area contributed by atoms with E-state index in [-0.39, 0.29) is 12.0 Å². The van der Waals surface area contributed by atoms with Crippen LogP contribution in [-0.4, -0.2) is 11.2 Å². The van der Waals surface area contributed by atoms with Crippen molar-refractivity contribution in [1.82, 2.24) is 0 Å². The predicted molar refractivity (Wildman–Crippen MR) is 80.2 cm³/mol. The van der Waals surface area contributed by atoms with Crippen LogP contribution < -0.4 is 0 Å². The van der Waals surface area contributed by atoms with Crippen LogP contribution >= 0.6 is 0 Å². The third kappa shape index (κ3) is 3.93. The molecule has 0 saturated heterocycles. The Bertz CT molecular complexity index is 464.